The summed E-state index contributed by atoms with van der Waals surface area (Å²) in [6, 6.07) is 14.1. The molecule has 0 spiro atoms. The van der Waals surface area contributed by atoms with Gasteiger partial charge in [0.05, 0.1) is 0 Å². The Morgan fingerprint density at radius 1 is 1.18 bits per heavy atom. The van der Waals surface area contributed by atoms with Crippen LogP contribution in [0.25, 0.3) is 0 Å². The quantitative estimate of drug-likeness (QED) is 0.487. The number of ketones is 1. The zero-order valence-electron chi connectivity index (χ0n) is 11.5. The Hall–Kier alpha value is -1.84. The molecule has 3 rings (SSSR count). The lowest BCUT2D eigenvalue weighted by molar-refractivity contribution is -0.146. The molecule has 5 heteroatoms. The van der Waals surface area contributed by atoms with Gasteiger partial charge in [-0.1, -0.05) is 53.5 Å². The van der Waals surface area contributed by atoms with Gasteiger partial charge in [0.2, 0.25) is 4.87 Å². The lowest BCUT2D eigenvalue weighted by Gasteiger charge is -2.17. The predicted molar refractivity (Wildman–Crippen MR) is 84.3 cm³/mol. The molecule has 0 heterocycles. The number of benzene rings is 2. The number of hydrogen-bond donors (Lipinski definition) is 0. The minimum absolute atomic E-state index is 0.0819. The highest BCUT2D eigenvalue weighted by Gasteiger charge is 2.51. The first-order valence-corrected chi connectivity index (χ1v) is 7.49. The van der Waals surface area contributed by atoms with E-state index in [1.807, 2.05) is 30.3 Å². The number of ether oxygens (including phenoxy) is 1. The summed E-state index contributed by atoms with van der Waals surface area (Å²) in [5, 5.41) is 0.505. The SMILES string of the molecule is O=C(OCc1ccccc1)C1(Cl)Cc2cc(Cl)ccc2C1=O. The van der Waals surface area contributed by atoms with Crippen molar-refractivity contribution in [3.63, 3.8) is 0 Å². The lowest BCUT2D eigenvalue weighted by atomic mass is 10.0. The van der Waals surface area contributed by atoms with Gasteiger partial charge in [-0.3, -0.25) is 4.79 Å². The van der Waals surface area contributed by atoms with Gasteiger partial charge in [-0.05, 0) is 29.3 Å². The van der Waals surface area contributed by atoms with Crippen LogP contribution in [0.2, 0.25) is 5.02 Å². The smallest absolute Gasteiger partial charge is 0.336 e. The van der Waals surface area contributed by atoms with Crippen molar-refractivity contribution in [2.75, 3.05) is 0 Å². The van der Waals surface area contributed by atoms with Gasteiger partial charge in [-0.2, -0.15) is 0 Å². The first-order valence-electron chi connectivity index (χ1n) is 6.74. The molecule has 2 aromatic rings. The highest BCUT2D eigenvalue weighted by atomic mass is 35.5. The molecule has 1 aliphatic rings. The maximum absolute atomic E-state index is 12.4. The molecule has 0 N–H and O–H groups in total. The highest BCUT2D eigenvalue weighted by Crippen LogP contribution is 2.37. The van der Waals surface area contributed by atoms with Crippen molar-refractivity contribution in [3.05, 3.63) is 70.2 Å². The summed E-state index contributed by atoms with van der Waals surface area (Å²) in [5.74, 6) is -1.16. The fourth-order valence-corrected chi connectivity index (χ4v) is 2.98. The molecular formula is C17H12Cl2O3. The Labute approximate surface area is 137 Å². The van der Waals surface area contributed by atoms with Gasteiger partial charge in [0.15, 0.2) is 5.78 Å². The standard InChI is InChI=1S/C17H12Cl2O3/c18-13-6-7-14-12(8-13)9-17(19,15(14)20)16(21)22-10-11-4-2-1-3-5-11/h1-8H,9-10H2. The minimum Gasteiger partial charge on any atom is -0.459 e. The maximum Gasteiger partial charge on any atom is 0.336 e. The topological polar surface area (TPSA) is 43.4 Å². The van der Waals surface area contributed by atoms with E-state index >= 15 is 0 Å². The summed E-state index contributed by atoms with van der Waals surface area (Å²) in [6.07, 6.45) is 0.0942. The number of halogens is 2. The third-order valence-electron chi connectivity index (χ3n) is 3.64. The zero-order valence-corrected chi connectivity index (χ0v) is 13.0. The normalized spacial score (nSPS) is 19.8. The molecule has 22 heavy (non-hydrogen) atoms. The summed E-state index contributed by atoms with van der Waals surface area (Å²) in [5.41, 5.74) is 1.93. The average molecular weight is 335 g/mol. The van der Waals surface area contributed by atoms with E-state index in [-0.39, 0.29) is 13.0 Å². The molecule has 112 valence electrons. The Balaban J connectivity index is 1.77. The monoisotopic (exact) mass is 334 g/mol. The summed E-state index contributed by atoms with van der Waals surface area (Å²) in [4.78, 5) is 23.0. The highest BCUT2D eigenvalue weighted by molar-refractivity contribution is 6.49. The van der Waals surface area contributed by atoms with Crippen LogP contribution in [0, 0.1) is 0 Å². The molecule has 3 nitrogen and oxygen atoms in total. The summed E-state index contributed by atoms with van der Waals surface area (Å²) in [6.45, 7) is 0.0819. The second-order valence-corrected chi connectivity index (χ2v) is 6.25. The van der Waals surface area contributed by atoms with E-state index in [0.29, 0.717) is 16.1 Å². The largest absolute Gasteiger partial charge is 0.459 e. The Bertz CT molecular complexity index is 743. The van der Waals surface area contributed by atoms with Gasteiger partial charge in [0.25, 0.3) is 0 Å². The van der Waals surface area contributed by atoms with Gasteiger partial charge in [-0.15, -0.1) is 0 Å². The first kappa shape index (κ1) is 15.1. The third kappa shape index (κ3) is 2.62. The van der Waals surface area contributed by atoms with Gasteiger partial charge in [0, 0.05) is 17.0 Å². The molecule has 0 bridgehead atoms. The Kier molecular flexibility index (Phi) is 3.94. The van der Waals surface area contributed by atoms with Gasteiger partial charge < -0.3 is 4.74 Å². The molecule has 1 atom stereocenters. The number of alkyl halides is 1. The number of hydrogen-bond acceptors (Lipinski definition) is 3. The summed E-state index contributed by atoms with van der Waals surface area (Å²) >= 11 is 12.2. The van der Waals surface area contributed by atoms with Crippen molar-refractivity contribution in [1.82, 2.24) is 0 Å². The molecule has 0 fully saturated rings. The Morgan fingerprint density at radius 3 is 2.64 bits per heavy atom. The number of carbonyl (C=O) groups excluding carboxylic acids is 2. The van der Waals surface area contributed by atoms with E-state index < -0.39 is 16.6 Å². The van der Waals surface area contributed by atoms with Crippen molar-refractivity contribution in [2.45, 2.75) is 17.9 Å². The molecule has 1 unspecified atom stereocenters. The number of carbonyl (C=O) groups is 2. The molecule has 0 saturated carbocycles. The van der Waals surface area contributed by atoms with Gasteiger partial charge in [0.1, 0.15) is 6.61 Å². The second-order valence-electron chi connectivity index (χ2n) is 5.17. The van der Waals surface area contributed by atoms with E-state index in [2.05, 4.69) is 0 Å². The van der Waals surface area contributed by atoms with E-state index in [1.54, 1.807) is 18.2 Å². The molecule has 0 amide bonds. The number of esters is 1. The van der Waals surface area contributed by atoms with Gasteiger partial charge in [-0.25, -0.2) is 4.79 Å². The number of rotatable bonds is 3. The van der Waals surface area contributed by atoms with Crippen LogP contribution in [-0.4, -0.2) is 16.6 Å². The molecule has 1 aliphatic carbocycles. The third-order valence-corrected chi connectivity index (χ3v) is 4.34. The van der Waals surface area contributed by atoms with Crippen LogP contribution in [0.1, 0.15) is 21.5 Å². The van der Waals surface area contributed by atoms with Crippen LogP contribution < -0.4 is 0 Å². The van der Waals surface area contributed by atoms with Gasteiger partial charge >= 0.3 is 5.97 Å². The second kappa shape index (κ2) is 5.75. The van der Waals surface area contributed by atoms with Crippen LogP contribution in [0.15, 0.2) is 48.5 Å². The molecule has 0 aromatic heterocycles. The number of Topliss-reactive ketones (excluding diaryl/α,β-unsaturated/α-hetero) is 1. The fourth-order valence-electron chi connectivity index (χ4n) is 2.49. The summed E-state index contributed by atoms with van der Waals surface area (Å²) < 4.78 is 5.22. The molecule has 2 aromatic carbocycles. The number of fused-ring (bicyclic) bond motifs is 1. The van der Waals surface area contributed by atoms with Crippen LogP contribution in [0.5, 0.6) is 0 Å². The fraction of sp³-hybridized carbons (Fsp3) is 0.176. The van der Waals surface area contributed by atoms with E-state index in [9.17, 15) is 9.59 Å². The summed E-state index contributed by atoms with van der Waals surface area (Å²) in [7, 11) is 0. The van der Waals surface area contributed by atoms with Crippen molar-refractivity contribution >= 4 is 35.0 Å². The van der Waals surface area contributed by atoms with E-state index in [1.165, 1.54) is 0 Å². The molecule has 0 aliphatic heterocycles. The van der Waals surface area contributed by atoms with Crippen LogP contribution in [-0.2, 0) is 22.6 Å². The zero-order chi connectivity index (χ0) is 15.7. The van der Waals surface area contributed by atoms with Crippen molar-refractivity contribution in [2.24, 2.45) is 0 Å². The van der Waals surface area contributed by atoms with Crippen LogP contribution in [0.3, 0.4) is 0 Å². The first-order chi connectivity index (χ1) is 10.5. The van der Waals surface area contributed by atoms with Crippen molar-refractivity contribution in [3.8, 4) is 0 Å². The lowest BCUT2D eigenvalue weighted by Crippen LogP contribution is -2.40. The molecular weight excluding hydrogens is 323 g/mol. The van der Waals surface area contributed by atoms with E-state index in [4.69, 9.17) is 27.9 Å². The van der Waals surface area contributed by atoms with Crippen LogP contribution >= 0.6 is 23.2 Å². The minimum atomic E-state index is -1.69. The van der Waals surface area contributed by atoms with E-state index in [0.717, 1.165) is 5.56 Å². The molecule has 0 saturated heterocycles. The maximum atomic E-state index is 12.4. The van der Waals surface area contributed by atoms with Crippen molar-refractivity contribution in [1.29, 1.82) is 0 Å². The predicted octanol–water partition coefficient (Wildman–Crippen LogP) is 3.80. The molecule has 0 radical (unpaired) electrons. The Morgan fingerprint density at radius 2 is 1.91 bits per heavy atom. The average Bonchev–Trinajstić information content (AvgIpc) is 2.77. The van der Waals surface area contributed by atoms with Crippen LogP contribution in [0.4, 0.5) is 0 Å². The van der Waals surface area contributed by atoms with Crippen molar-refractivity contribution < 1.29 is 14.3 Å².